The number of hydrogen-bond donors (Lipinski definition) is 0. The number of likely N-dealkylation sites (tertiary alicyclic amines) is 1. The van der Waals surface area contributed by atoms with Gasteiger partial charge in [0, 0.05) is 26.0 Å². The van der Waals surface area contributed by atoms with Crippen LogP contribution in [-0.4, -0.2) is 45.4 Å². The number of nitrogens with zero attached hydrogens (tertiary/aromatic N) is 2. The van der Waals surface area contributed by atoms with Gasteiger partial charge in [-0.3, -0.25) is 0 Å². The zero-order valence-electron chi connectivity index (χ0n) is 15.7. The van der Waals surface area contributed by atoms with Gasteiger partial charge in [0.25, 0.3) is 0 Å². The van der Waals surface area contributed by atoms with Crippen LogP contribution in [0.4, 0.5) is 4.39 Å². The summed E-state index contributed by atoms with van der Waals surface area (Å²) in [5.74, 6) is 0.220. The molecule has 0 spiro atoms. The van der Waals surface area contributed by atoms with E-state index < -0.39 is 15.7 Å². The van der Waals surface area contributed by atoms with Crippen LogP contribution < -0.4 is 0 Å². The molecule has 0 atom stereocenters. The lowest BCUT2D eigenvalue weighted by molar-refractivity contribution is -0.00484. The second-order valence-electron chi connectivity index (χ2n) is 7.79. The molecule has 1 saturated heterocycles. The average molecular weight is 395 g/mol. The first-order valence-electron chi connectivity index (χ1n) is 9.62. The van der Waals surface area contributed by atoms with Gasteiger partial charge in [0.15, 0.2) is 16.0 Å². The summed E-state index contributed by atoms with van der Waals surface area (Å²) in [5.41, 5.74) is 0.615. The molecule has 1 aromatic rings. The minimum atomic E-state index is -3.39. The lowest BCUT2D eigenvalue weighted by Crippen LogP contribution is -2.33. The minimum absolute atomic E-state index is 0.0308. The molecule has 1 aromatic carbocycles. The first-order chi connectivity index (χ1) is 12.9. The molecular weight excluding hydrogens is 367 g/mol. The minimum Gasteiger partial charge on any atom is -0.378 e. The highest BCUT2D eigenvalue weighted by Crippen LogP contribution is 2.36. The molecule has 7 heteroatoms. The van der Waals surface area contributed by atoms with Crippen molar-refractivity contribution in [3.63, 3.8) is 0 Å². The molecule has 2 aliphatic rings. The average Bonchev–Trinajstić information content (AvgIpc) is 2.66. The van der Waals surface area contributed by atoms with Crippen molar-refractivity contribution in [1.82, 2.24) is 4.90 Å². The van der Waals surface area contributed by atoms with Crippen molar-refractivity contribution in [2.24, 2.45) is 5.92 Å². The summed E-state index contributed by atoms with van der Waals surface area (Å²) in [6, 6.07) is 4.27. The van der Waals surface area contributed by atoms with E-state index >= 15 is 0 Å². The van der Waals surface area contributed by atoms with Gasteiger partial charge in [0.05, 0.1) is 11.0 Å². The third kappa shape index (κ3) is 5.20. The SMILES string of the molecule is CS(=O)(=O)c1ccc(C2CCC(OCC3CCN(C#N)CC3)CC2)c(F)c1. The molecule has 0 radical (unpaired) electrons. The Bertz CT molecular complexity index is 790. The Morgan fingerprint density at radius 1 is 1.19 bits per heavy atom. The van der Waals surface area contributed by atoms with E-state index in [9.17, 15) is 12.8 Å². The predicted molar refractivity (Wildman–Crippen MR) is 100 cm³/mol. The Balaban J connectivity index is 1.47. The van der Waals surface area contributed by atoms with Crippen molar-refractivity contribution in [3.8, 4) is 6.19 Å². The van der Waals surface area contributed by atoms with Crippen molar-refractivity contribution < 1.29 is 17.5 Å². The lowest BCUT2D eigenvalue weighted by Gasteiger charge is -2.32. The fraction of sp³-hybridized carbons (Fsp3) is 0.650. The highest BCUT2D eigenvalue weighted by Gasteiger charge is 2.27. The molecule has 0 bridgehead atoms. The number of nitriles is 1. The molecule has 0 amide bonds. The summed E-state index contributed by atoms with van der Waals surface area (Å²) in [6.45, 7) is 2.38. The summed E-state index contributed by atoms with van der Waals surface area (Å²) in [4.78, 5) is 1.83. The summed E-state index contributed by atoms with van der Waals surface area (Å²) in [5, 5.41) is 8.89. The van der Waals surface area contributed by atoms with E-state index in [1.165, 1.54) is 6.07 Å². The summed E-state index contributed by atoms with van der Waals surface area (Å²) in [7, 11) is -3.39. The molecule has 0 N–H and O–H groups in total. The van der Waals surface area contributed by atoms with Crippen molar-refractivity contribution in [1.29, 1.82) is 5.26 Å². The van der Waals surface area contributed by atoms with Crippen molar-refractivity contribution in [2.75, 3.05) is 26.0 Å². The monoisotopic (exact) mass is 394 g/mol. The molecule has 1 aliphatic heterocycles. The van der Waals surface area contributed by atoms with Crippen LogP contribution in [-0.2, 0) is 14.6 Å². The maximum Gasteiger partial charge on any atom is 0.179 e. The molecular formula is C20H27FN2O3S. The second-order valence-corrected chi connectivity index (χ2v) is 9.81. The van der Waals surface area contributed by atoms with Gasteiger partial charge >= 0.3 is 0 Å². The topological polar surface area (TPSA) is 70.4 Å². The number of benzene rings is 1. The smallest absolute Gasteiger partial charge is 0.179 e. The maximum absolute atomic E-state index is 14.4. The van der Waals surface area contributed by atoms with Crippen molar-refractivity contribution in [3.05, 3.63) is 29.6 Å². The third-order valence-corrected chi connectivity index (χ3v) is 6.95. The third-order valence-electron chi connectivity index (χ3n) is 5.84. The Hall–Kier alpha value is -1.65. The molecule has 3 rings (SSSR count). The van der Waals surface area contributed by atoms with Crippen LogP contribution in [0.5, 0.6) is 0 Å². The number of ether oxygens (including phenoxy) is 1. The van der Waals surface area contributed by atoms with E-state index in [2.05, 4.69) is 6.19 Å². The quantitative estimate of drug-likeness (QED) is 0.715. The molecule has 148 valence electrons. The molecule has 1 heterocycles. The molecule has 0 aromatic heterocycles. The van der Waals surface area contributed by atoms with Crippen LogP contribution in [0.1, 0.15) is 50.0 Å². The zero-order chi connectivity index (χ0) is 19.4. The highest BCUT2D eigenvalue weighted by atomic mass is 32.2. The number of sulfone groups is 1. The first-order valence-corrected chi connectivity index (χ1v) is 11.5. The van der Waals surface area contributed by atoms with Crippen LogP contribution in [0.25, 0.3) is 0 Å². The Morgan fingerprint density at radius 2 is 1.85 bits per heavy atom. The fourth-order valence-corrected chi connectivity index (χ4v) is 4.71. The molecule has 1 saturated carbocycles. The van der Waals surface area contributed by atoms with Crippen LogP contribution in [0.15, 0.2) is 23.1 Å². The normalized spacial score (nSPS) is 24.6. The van der Waals surface area contributed by atoms with E-state index in [4.69, 9.17) is 10.00 Å². The van der Waals surface area contributed by atoms with E-state index in [0.717, 1.165) is 70.5 Å². The summed E-state index contributed by atoms with van der Waals surface area (Å²) >= 11 is 0. The van der Waals surface area contributed by atoms with Crippen molar-refractivity contribution >= 4 is 9.84 Å². The number of rotatable bonds is 5. The van der Waals surface area contributed by atoms with E-state index in [-0.39, 0.29) is 16.9 Å². The van der Waals surface area contributed by atoms with Crippen LogP contribution in [0, 0.1) is 23.2 Å². The van der Waals surface area contributed by atoms with Gasteiger partial charge < -0.3 is 9.64 Å². The lowest BCUT2D eigenvalue weighted by atomic mass is 9.82. The van der Waals surface area contributed by atoms with Gasteiger partial charge in [0.2, 0.25) is 0 Å². The molecule has 1 aliphatic carbocycles. The largest absolute Gasteiger partial charge is 0.378 e. The van der Waals surface area contributed by atoms with Gasteiger partial charge in [-0.05, 0) is 68.1 Å². The van der Waals surface area contributed by atoms with Crippen LogP contribution in [0.2, 0.25) is 0 Å². The summed E-state index contributed by atoms with van der Waals surface area (Å²) < 4.78 is 43.6. The molecule has 2 fully saturated rings. The van der Waals surface area contributed by atoms with Gasteiger partial charge in [-0.2, -0.15) is 5.26 Å². The van der Waals surface area contributed by atoms with Crippen molar-refractivity contribution in [2.45, 2.75) is 55.4 Å². The van der Waals surface area contributed by atoms with E-state index in [1.807, 2.05) is 0 Å². The van der Waals surface area contributed by atoms with Crippen LogP contribution in [0.3, 0.4) is 0 Å². The maximum atomic E-state index is 14.4. The van der Waals surface area contributed by atoms with Crippen LogP contribution >= 0.6 is 0 Å². The van der Waals surface area contributed by atoms with Gasteiger partial charge in [0.1, 0.15) is 5.82 Å². The Morgan fingerprint density at radius 3 is 2.41 bits per heavy atom. The Kier molecular flexibility index (Phi) is 6.38. The van der Waals surface area contributed by atoms with Gasteiger partial charge in [-0.1, -0.05) is 6.07 Å². The molecule has 5 nitrogen and oxygen atoms in total. The summed E-state index contributed by atoms with van der Waals surface area (Å²) in [6.07, 6.45) is 9.01. The predicted octanol–water partition coefficient (Wildman–Crippen LogP) is 3.47. The number of hydrogen-bond acceptors (Lipinski definition) is 5. The second kappa shape index (κ2) is 8.57. The molecule has 0 unspecified atom stereocenters. The zero-order valence-corrected chi connectivity index (χ0v) is 16.5. The fourth-order valence-electron chi connectivity index (χ4n) is 4.08. The van der Waals surface area contributed by atoms with Gasteiger partial charge in [-0.15, -0.1) is 0 Å². The van der Waals surface area contributed by atoms with E-state index in [0.29, 0.717) is 11.5 Å². The standard InChI is InChI=1S/C20H27FN2O3S/c1-27(24,25)18-6-7-19(20(21)12-18)16-2-4-17(5-3-16)26-13-15-8-10-23(14-22)11-9-15/h6-7,12,15-17H,2-5,8-11,13H2,1H3. The number of piperidine rings is 1. The van der Waals surface area contributed by atoms with E-state index in [1.54, 1.807) is 11.0 Å². The first kappa shape index (κ1) is 20.1. The van der Waals surface area contributed by atoms with Gasteiger partial charge in [-0.25, -0.2) is 12.8 Å². The highest BCUT2D eigenvalue weighted by molar-refractivity contribution is 7.90. The molecule has 27 heavy (non-hydrogen) atoms. The Labute approximate surface area is 161 Å². The number of halogens is 1.